The van der Waals surface area contributed by atoms with E-state index in [-0.39, 0.29) is 10.8 Å². The lowest BCUT2D eigenvalue weighted by Gasteiger charge is -2.09. The molecule has 0 bridgehead atoms. The Labute approximate surface area is 110 Å². The smallest absolute Gasteiger partial charge is 0.184 e. The van der Waals surface area contributed by atoms with E-state index in [4.69, 9.17) is 16.3 Å². The molecule has 2 aromatic carbocycles. The fourth-order valence-corrected chi connectivity index (χ4v) is 1.67. The van der Waals surface area contributed by atoms with Gasteiger partial charge in [-0.05, 0) is 36.8 Å². The van der Waals surface area contributed by atoms with Gasteiger partial charge in [0.25, 0.3) is 0 Å². The molecular weight excluding hydrogens is 255 g/mol. The fourth-order valence-electron chi connectivity index (χ4n) is 1.50. The summed E-state index contributed by atoms with van der Waals surface area (Å²) in [5.74, 6) is -0.0216. The molecule has 0 unspecified atom stereocenters. The molecule has 1 N–H and O–H groups in total. The van der Waals surface area contributed by atoms with Gasteiger partial charge in [0.2, 0.25) is 0 Å². The Morgan fingerprint density at radius 2 is 1.83 bits per heavy atom. The molecule has 4 heteroatoms. The first kappa shape index (κ1) is 12.9. The zero-order chi connectivity index (χ0) is 13.1. The SMILES string of the molecule is C[C@@H](O)c1ccc(Oc2cccc(Cl)c2F)cc1. The van der Waals surface area contributed by atoms with Crippen LogP contribution in [0.5, 0.6) is 11.5 Å². The van der Waals surface area contributed by atoms with Crippen LogP contribution in [0, 0.1) is 5.82 Å². The summed E-state index contributed by atoms with van der Waals surface area (Å²) in [5.41, 5.74) is 0.772. The topological polar surface area (TPSA) is 29.5 Å². The largest absolute Gasteiger partial charge is 0.454 e. The van der Waals surface area contributed by atoms with Crippen molar-refractivity contribution in [2.45, 2.75) is 13.0 Å². The van der Waals surface area contributed by atoms with Crippen LogP contribution in [0.15, 0.2) is 42.5 Å². The molecular formula is C14H12ClFO2. The molecule has 0 spiro atoms. The Morgan fingerprint density at radius 1 is 1.17 bits per heavy atom. The van der Waals surface area contributed by atoms with Gasteiger partial charge in [-0.25, -0.2) is 4.39 Å². The van der Waals surface area contributed by atoms with Crippen LogP contribution in [0.3, 0.4) is 0 Å². The van der Waals surface area contributed by atoms with Crippen molar-refractivity contribution in [3.05, 3.63) is 58.9 Å². The van der Waals surface area contributed by atoms with Crippen LogP contribution in [0.25, 0.3) is 0 Å². The second kappa shape index (κ2) is 5.38. The fraction of sp³-hybridized carbons (Fsp3) is 0.143. The van der Waals surface area contributed by atoms with Crippen molar-refractivity contribution in [1.82, 2.24) is 0 Å². The summed E-state index contributed by atoms with van der Waals surface area (Å²) in [4.78, 5) is 0. The van der Waals surface area contributed by atoms with Crippen LogP contribution in [-0.4, -0.2) is 5.11 Å². The molecule has 94 valence electrons. The summed E-state index contributed by atoms with van der Waals surface area (Å²) < 4.78 is 19.0. The molecule has 2 aromatic rings. The normalized spacial score (nSPS) is 12.2. The highest BCUT2D eigenvalue weighted by atomic mass is 35.5. The zero-order valence-electron chi connectivity index (χ0n) is 9.73. The van der Waals surface area contributed by atoms with Gasteiger partial charge in [-0.1, -0.05) is 29.8 Å². The maximum Gasteiger partial charge on any atom is 0.184 e. The van der Waals surface area contributed by atoms with Crippen LogP contribution >= 0.6 is 11.6 Å². The van der Waals surface area contributed by atoms with Crippen LogP contribution < -0.4 is 4.74 Å². The molecule has 0 amide bonds. The number of rotatable bonds is 3. The number of halogens is 2. The molecule has 1 atom stereocenters. The van der Waals surface area contributed by atoms with Crippen molar-refractivity contribution < 1.29 is 14.2 Å². The molecule has 0 saturated carbocycles. The Morgan fingerprint density at radius 3 is 2.44 bits per heavy atom. The number of hydrogen-bond acceptors (Lipinski definition) is 2. The lowest BCUT2D eigenvalue weighted by molar-refractivity contribution is 0.199. The second-order valence-electron chi connectivity index (χ2n) is 3.90. The van der Waals surface area contributed by atoms with Crippen molar-refractivity contribution in [2.24, 2.45) is 0 Å². The third kappa shape index (κ3) is 2.81. The Balaban J connectivity index is 2.21. The molecule has 2 nitrogen and oxygen atoms in total. The first-order valence-electron chi connectivity index (χ1n) is 5.48. The first-order valence-corrected chi connectivity index (χ1v) is 5.85. The van der Waals surface area contributed by atoms with Gasteiger partial charge in [-0.2, -0.15) is 0 Å². The van der Waals surface area contributed by atoms with E-state index in [0.29, 0.717) is 5.75 Å². The minimum Gasteiger partial charge on any atom is -0.454 e. The third-order valence-electron chi connectivity index (χ3n) is 2.51. The van der Waals surface area contributed by atoms with Crippen molar-refractivity contribution in [1.29, 1.82) is 0 Å². The molecule has 18 heavy (non-hydrogen) atoms. The zero-order valence-corrected chi connectivity index (χ0v) is 10.5. The van der Waals surface area contributed by atoms with Crippen molar-refractivity contribution in [2.75, 3.05) is 0 Å². The average molecular weight is 267 g/mol. The highest BCUT2D eigenvalue weighted by Crippen LogP contribution is 2.29. The maximum atomic E-state index is 13.6. The van der Waals surface area contributed by atoms with E-state index in [2.05, 4.69) is 0 Å². The molecule has 0 aliphatic carbocycles. The average Bonchev–Trinajstić information content (AvgIpc) is 2.36. The maximum absolute atomic E-state index is 13.6. The predicted octanol–water partition coefficient (Wildman–Crippen LogP) is 4.32. The van der Waals surface area contributed by atoms with E-state index < -0.39 is 11.9 Å². The number of aliphatic hydroxyl groups is 1. The molecule has 2 rings (SSSR count). The summed E-state index contributed by atoms with van der Waals surface area (Å²) >= 11 is 5.66. The Hall–Kier alpha value is -1.58. The Bertz CT molecular complexity index is 538. The van der Waals surface area contributed by atoms with Crippen LogP contribution in [0.4, 0.5) is 4.39 Å². The quantitative estimate of drug-likeness (QED) is 0.896. The van der Waals surface area contributed by atoms with E-state index in [0.717, 1.165) is 5.56 Å². The molecule has 0 fully saturated rings. The monoisotopic (exact) mass is 266 g/mol. The van der Waals surface area contributed by atoms with E-state index in [1.807, 2.05) is 0 Å². The van der Waals surface area contributed by atoms with Gasteiger partial charge in [0.05, 0.1) is 11.1 Å². The van der Waals surface area contributed by atoms with Crippen LogP contribution in [0.1, 0.15) is 18.6 Å². The van der Waals surface area contributed by atoms with E-state index in [1.54, 1.807) is 37.3 Å². The lowest BCUT2D eigenvalue weighted by Crippen LogP contribution is -1.92. The summed E-state index contributed by atoms with van der Waals surface area (Å²) in [6.07, 6.45) is -0.540. The molecule has 0 heterocycles. The highest BCUT2D eigenvalue weighted by Gasteiger charge is 2.08. The van der Waals surface area contributed by atoms with E-state index in [1.165, 1.54) is 12.1 Å². The predicted molar refractivity (Wildman–Crippen MR) is 68.6 cm³/mol. The molecule has 0 radical (unpaired) electrons. The van der Waals surface area contributed by atoms with Crippen molar-refractivity contribution in [3.63, 3.8) is 0 Å². The highest BCUT2D eigenvalue weighted by molar-refractivity contribution is 6.30. The number of aliphatic hydroxyl groups excluding tert-OH is 1. The van der Waals surface area contributed by atoms with Crippen LogP contribution in [0.2, 0.25) is 5.02 Å². The standard InChI is InChI=1S/C14H12ClFO2/c1-9(17)10-5-7-11(8-6-10)18-13-4-2-3-12(15)14(13)16/h2-9,17H,1H3/t9-/m1/s1. The molecule has 0 aliphatic rings. The van der Waals surface area contributed by atoms with Crippen molar-refractivity contribution >= 4 is 11.6 Å². The van der Waals surface area contributed by atoms with E-state index >= 15 is 0 Å². The van der Waals surface area contributed by atoms with Gasteiger partial charge in [-0.3, -0.25) is 0 Å². The lowest BCUT2D eigenvalue weighted by atomic mass is 10.1. The minimum absolute atomic E-state index is 0.0214. The summed E-state index contributed by atoms with van der Waals surface area (Å²) in [6.45, 7) is 1.67. The summed E-state index contributed by atoms with van der Waals surface area (Å²) in [6, 6.07) is 11.4. The summed E-state index contributed by atoms with van der Waals surface area (Å²) in [5, 5.41) is 9.39. The van der Waals surface area contributed by atoms with Gasteiger partial charge in [0.15, 0.2) is 11.6 Å². The number of ether oxygens (including phenoxy) is 1. The number of benzene rings is 2. The Kier molecular flexibility index (Phi) is 3.84. The van der Waals surface area contributed by atoms with Gasteiger partial charge in [-0.15, -0.1) is 0 Å². The molecule has 0 aromatic heterocycles. The van der Waals surface area contributed by atoms with Gasteiger partial charge < -0.3 is 9.84 Å². The second-order valence-corrected chi connectivity index (χ2v) is 4.31. The first-order chi connectivity index (χ1) is 8.58. The molecule has 0 saturated heterocycles. The van der Waals surface area contributed by atoms with Gasteiger partial charge in [0.1, 0.15) is 5.75 Å². The number of hydrogen-bond donors (Lipinski definition) is 1. The van der Waals surface area contributed by atoms with Gasteiger partial charge >= 0.3 is 0 Å². The third-order valence-corrected chi connectivity index (χ3v) is 2.80. The van der Waals surface area contributed by atoms with Crippen molar-refractivity contribution in [3.8, 4) is 11.5 Å². The summed E-state index contributed by atoms with van der Waals surface area (Å²) in [7, 11) is 0. The molecule has 0 aliphatic heterocycles. The van der Waals surface area contributed by atoms with E-state index in [9.17, 15) is 9.50 Å². The minimum atomic E-state index is -0.584. The van der Waals surface area contributed by atoms with Gasteiger partial charge in [0, 0.05) is 0 Å². The van der Waals surface area contributed by atoms with Crippen LogP contribution in [-0.2, 0) is 0 Å².